The van der Waals surface area contributed by atoms with E-state index in [0.29, 0.717) is 5.56 Å². The average Bonchev–Trinajstić information content (AvgIpc) is 3.03. The molecule has 0 aliphatic carbocycles. The summed E-state index contributed by atoms with van der Waals surface area (Å²) in [7, 11) is 0. The molecule has 5 heteroatoms. The second-order valence-corrected chi connectivity index (χ2v) is 5.32. The third-order valence-electron chi connectivity index (χ3n) is 3.82. The van der Waals surface area contributed by atoms with Crippen LogP contribution in [0.3, 0.4) is 0 Å². The monoisotopic (exact) mass is 320 g/mol. The molecule has 1 aromatic heterocycles. The summed E-state index contributed by atoms with van der Waals surface area (Å²) >= 11 is 0. The molecule has 0 saturated heterocycles. The Morgan fingerprint density at radius 3 is 2.17 bits per heavy atom. The first-order valence-electron chi connectivity index (χ1n) is 7.37. The topological polar surface area (TPSA) is 69.7 Å². The number of hydrogen-bond donors (Lipinski definition) is 0. The lowest BCUT2D eigenvalue weighted by molar-refractivity contribution is 0.0448. The lowest BCUT2D eigenvalue weighted by Gasteiger charge is -2.10. The van der Waals surface area contributed by atoms with Gasteiger partial charge in [-0.2, -0.15) is 0 Å². The summed E-state index contributed by atoms with van der Waals surface area (Å²) in [6, 6.07) is 17.3. The summed E-state index contributed by atoms with van der Waals surface area (Å²) in [6.45, 7) is -0.165. The predicted octanol–water partition coefficient (Wildman–Crippen LogP) is 3.90. The first kappa shape index (κ1) is 14.3. The highest BCUT2D eigenvalue weighted by molar-refractivity contribution is 6.16. The van der Waals surface area contributed by atoms with Crippen LogP contribution in [0.4, 0.5) is 0 Å². The lowest BCUT2D eigenvalue weighted by Crippen LogP contribution is -2.07. The number of hydrogen-bond acceptors (Lipinski definition) is 5. The van der Waals surface area contributed by atoms with Crippen LogP contribution >= 0.6 is 0 Å². The highest BCUT2D eigenvalue weighted by atomic mass is 16.6. The van der Waals surface area contributed by atoms with Gasteiger partial charge in [0, 0.05) is 0 Å². The lowest BCUT2D eigenvalue weighted by atomic mass is 9.97. The fraction of sp³-hybridized carbons (Fsp3) is 0.0526. The van der Waals surface area contributed by atoms with E-state index >= 15 is 0 Å². The van der Waals surface area contributed by atoms with Gasteiger partial charge in [0.05, 0.1) is 5.56 Å². The molecule has 5 nitrogen and oxygen atoms in total. The maximum Gasteiger partial charge on any atom is 0.518 e. The van der Waals surface area contributed by atoms with Gasteiger partial charge in [-0.1, -0.05) is 48.5 Å². The Balaban J connectivity index is 1.80. The Hall–Kier alpha value is -3.34. The van der Waals surface area contributed by atoms with Gasteiger partial charge in [0.25, 0.3) is 0 Å². The van der Waals surface area contributed by atoms with Gasteiger partial charge in [-0.3, -0.25) is 0 Å². The molecule has 0 atom stereocenters. The SMILES string of the molecule is O=C(OCc1coc(=O)o1)c1c2ccccc2cc2ccccc12. The number of carbonyl (C=O) groups excluding carboxylic acids is 1. The largest absolute Gasteiger partial charge is 0.518 e. The molecule has 0 radical (unpaired) electrons. The van der Waals surface area contributed by atoms with E-state index in [1.54, 1.807) is 0 Å². The van der Waals surface area contributed by atoms with Gasteiger partial charge in [0.1, 0.15) is 6.26 Å². The van der Waals surface area contributed by atoms with Crippen molar-refractivity contribution in [1.29, 1.82) is 0 Å². The quantitative estimate of drug-likeness (QED) is 0.423. The smallest absolute Gasteiger partial charge is 0.454 e. The normalized spacial score (nSPS) is 11.0. The number of esters is 1. The van der Waals surface area contributed by atoms with E-state index in [1.807, 2.05) is 54.6 Å². The van der Waals surface area contributed by atoms with Crippen molar-refractivity contribution in [2.24, 2.45) is 0 Å². The van der Waals surface area contributed by atoms with Crippen molar-refractivity contribution in [2.75, 3.05) is 0 Å². The minimum atomic E-state index is -0.823. The van der Waals surface area contributed by atoms with E-state index in [4.69, 9.17) is 9.15 Å². The van der Waals surface area contributed by atoms with Gasteiger partial charge < -0.3 is 13.6 Å². The summed E-state index contributed by atoms with van der Waals surface area (Å²) in [5.74, 6) is -1.14. The van der Waals surface area contributed by atoms with Crippen LogP contribution < -0.4 is 5.82 Å². The van der Waals surface area contributed by atoms with Gasteiger partial charge in [-0.15, -0.1) is 0 Å². The van der Waals surface area contributed by atoms with Crippen molar-refractivity contribution in [1.82, 2.24) is 0 Å². The second-order valence-electron chi connectivity index (χ2n) is 5.32. The Bertz CT molecular complexity index is 1050. The fourth-order valence-electron chi connectivity index (χ4n) is 2.77. The third-order valence-corrected chi connectivity index (χ3v) is 3.82. The summed E-state index contributed by atoms with van der Waals surface area (Å²) in [5, 5.41) is 3.54. The third kappa shape index (κ3) is 2.46. The minimum Gasteiger partial charge on any atom is -0.454 e. The summed E-state index contributed by atoms with van der Waals surface area (Å²) in [6.07, 6.45) is 1.14. The summed E-state index contributed by atoms with van der Waals surface area (Å²) in [5.41, 5.74) is 0.495. The molecule has 3 aromatic carbocycles. The minimum absolute atomic E-state index is 0.165. The highest BCUT2D eigenvalue weighted by Crippen LogP contribution is 2.29. The zero-order valence-electron chi connectivity index (χ0n) is 12.5. The van der Waals surface area contributed by atoms with Gasteiger partial charge in [0.2, 0.25) is 0 Å². The van der Waals surface area contributed by atoms with E-state index in [2.05, 4.69) is 4.42 Å². The van der Waals surface area contributed by atoms with Crippen molar-refractivity contribution in [3.8, 4) is 0 Å². The average molecular weight is 320 g/mol. The summed E-state index contributed by atoms with van der Waals surface area (Å²) < 4.78 is 14.6. The summed E-state index contributed by atoms with van der Waals surface area (Å²) in [4.78, 5) is 23.6. The molecule has 0 N–H and O–H groups in total. The van der Waals surface area contributed by atoms with Crippen LogP contribution in [0.5, 0.6) is 0 Å². The van der Waals surface area contributed by atoms with Crippen LogP contribution in [0.25, 0.3) is 21.5 Å². The molecule has 118 valence electrons. The molecule has 0 aliphatic rings. The fourth-order valence-corrected chi connectivity index (χ4v) is 2.77. The Kier molecular flexibility index (Phi) is 3.39. The van der Waals surface area contributed by atoms with E-state index in [0.717, 1.165) is 27.8 Å². The van der Waals surface area contributed by atoms with Crippen LogP contribution in [0.15, 0.2) is 74.5 Å². The van der Waals surface area contributed by atoms with Crippen molar-refractivity contribution in [3.05, 3.63) is 82.8 Å². The molecule has 0 fully saturated rings. The molecule has 1 heterocycles. The van der Waals surface area contributed by atoms with E-state index in [-0.39, 0.29) is 12.4 Å². The number of benzene rings is 3. The zero-order valence-corrected chi connectivity index (χ0v) is 12.5. The molecule has 0 amide bonds. The van der Waals surface area contributed by atoms with Crippen molar-refractivity contribution in [3.63, 3.8) is 0 Å². The van der Waals surface area contributed by atoms with Crippen LogP contribution in [-0.2, 0) is 11.3 Å². The first-order valence-corrected chi connectivity index (χ1v) is 7.37. The molecule has 0 unspecified atom stereocenters. The molecule has 4 aromatic rings. The maximum absolute atomic E-state index is 12.7. The molecule has 0 bridgehead atoms. The Morgan fingerprint density at radius 1 is 0.958 bits per heavy atom. The molecule has 0 aliphatic heterocycles. The van der Waals surface area contributed by atoms with E-state index < -0.39 is 11.8 Å². The predicted molar refractivity (Wildman–Crippen MR) is 87.8 cm³/mol. The van der Waals surface area contributed by atoms with Gasteiger partial charge >= 0.3 is 11.8 Å². The standard InChI is InChI=1S/C19H12O5/c20-18(22-10-14-11-23-19(21)24-14)17-15-7-3-1-5-12(15)9-13-6-2-4-8-16(13)17/h1-9,11H,10H2. The molecular weight excluding hydrogens is 308 g/mol. The molecule has 0 saturated carbocycles. The van der Waals surface area contributed by atoms with Crippen LogP contribution in [0.2, 0.25) is 0 Å². The van der Waals surface area contributed by atoms with Crippen molar-refractivity contribution in [2.45, 2.75) is 6.61 Å². The van der Waals surface area contributed by atoms with Crippen molar-refractivity contribution >= 4 is 27.5 Å². The first-order chi connectivity index (χ1) is 11.7. The Morgan fingerprint density at radius 2 is 1.58 bits per heavy atom. The molecule has 0 spiro atoms. The maximum atomic E-state index is 12.7. The molecule has 4 rings (SSSR count). The number of carbonyl (C=O) groups is 1. The second kappa shape index (κ2) is 5.70. The number of ether oxygens (including phenoxy) is 1. The van der Waals surface area contributed by atoms with Crippen LogP contribution in [0.1, 0.15) is 16.1 Å². The van der Waals surface area contributed by atoms with E-state index in [9.17, 15) is 9.59 Å². The molecular formula is C19H12O5. The van der Waals surface area contributed by atoms with Crippen molar-refractivity contribution < 1.29 is 18.4 Å². The van der Waals surface area contributed by atoms with Crippen LogP contribution in [-0.4, -0.2) is 5.97 Å². The number of rotatable bonds is 3. The van der Waals surface area contributed by atoms with E-state index in [1.165, 1.54) is 0 Å². The zero-order chi connectivity index (χ0) is 16.5. The van der Waals surface area contributed by atoms with Gasteiger partial charge in [-0.05, 0) is 27.6 Å². The van der Waals surface area contributed by atoms with Crippen LogP contribution in [0, 0.1) is 0 Å². The Labute approximate surface area is 136 Å². The molecule has 24 heavy (non-hydrogen) atoms. The highest BCUT2D eigenvalue weighted by Gasteiger charge is 2.17. The number of fused-ring (bicyclic) bond motifs is 2. The van der Waals surface area contributed by atoms with Gasteiger partial charge in [0.15, 0.2) is 12.4 Å². The van der Waals surface area contributed by atoms with Gasteiger partial charge in [-0.25, -0.2) is 9.59 Å².